The smallest absolute Gasteiger partial charge is 0.227 e. The van der Waals surface area contributed by atoms with Crippen LogP contribution in [0.2, 0.25) is 0 Å². The summed E-state index contributed by atoms with van der Waals surface area (Å²) in [6, 6.07) is 17.0. The Hall–Kier alpha value is -2.22. The van der Waals surface area contributed by atoms with E-state index in [0.29, 0.717) is 11.9 Å². The van der Waals surface area contributed by atoms with Crippen molar-refractivity contribution in [1.29, 1.82) is 0 Å². The number of amides is 1. The quantitative estimate of drug-likeness (QED) is 0.597. The monoisotopic (exact) mass is 495 g/mol. The molecule has 2 aliphatic rings. The molecule has 0 bridgehead atoms. The van der Waals surface area contributed by atoms with E-state index >= 15 is 0 Å². The number of imidazole rings is 1. The van der Waals surface area contributed by atoms with Crippen molar-refractivity contribution < 1.29 is 4.79 Å². The first-order valence-electron chi connectivity index (χ1n) is 11.6. The van der Waals surface area contributed by atoms with Crippen molar-refractivity contribution >= 4 is 32.9 Å². The number of carbonyl (C=O) groups is 1. The molecular weight excluding hydrogens is 466 g/mol. The molecule has 168 valence electrons. The summed E-state index contributed by atoms with van der Waals surface area (Å²) < 4.78 is 3.30. The Morgan fingerprint density at radius 1 is 1.16 bits per heavy atom. The highest BCUT2D eigenvalue weighted by atomic mass is 79.9. The number of piperidine rings is 1. The summed E-state index contributed by atoms with van der Waals surface area (Å²) in [6.07, 6.45) is 2.03. The molecule has 0 radical (unpaired) electrons. The van der Waals surface area contributed by atoms with E-state index in [-0.39, 0.29) is 5.92 Å². The second-order valence-electron chi connectivity index (χ2n) is 9.05. The highest BCUT2D eigenvalue weighted by Crippen LogP contribution is 2.26. The van der Waals surface area contributed by atoms with Crippen molar-refractivity contribution in [2.24, 2.45) is 5.92 Å². The molecule has 2 aliphatic heterocycles. The van der Waals surface area contributed by atoms with Crippen LogP contribution in [0, 0.1) is 5.92 Å². The lowest BCUT2D eigenvalue weighted by Gasteiger charge is -2.38. The van der Waals surface area contributed by atoms with Gasteiger partial charge in [0.05, 0.1) is 23.5 Å². The molecule has 6 nitrogen and oxygen atoms in total. The first-order valence-corrected chi connectivity index (χ1v) is 12.3. The molecule has 1 amide bonds. The number of benzene rings is 2. The van der Waals surface area contributed by atoms with Crippen molar-refractivity contribution in [1.82, 2.24) is 24.7 Å². The zero-order valence-corrected chi connectivity index (χ0v) is 20.1. The molecule has 0 spiro atoms. The van der Waals surface area contributed by atoms with Crippen LogP contribution in [0.3, 0.4) is 0 Å². The number of fused-ring (bicyclic) bond motifs is 1. The van der Waals surface area contributed by atoms with Gasteiger partial charge >= 0.3 is 0 Å². The third kappa shape index (κ3) is 4.47. The average molecular weight is 496 g/mol. The van der Waals surface area contributed by atoms with Gasteiger partial charge in [0.2, 0.25) is 5.91 Å². The van der Waals surface area contributed by atoms with Crippen molar-refractivity contribution in [3.05, 3.63) is 58.8 Å². The largest absolute Gasteiger partial charge is 0.340 e. The molecule has 2 aromatic carbocycles. The highest BCUT2D eigenvalue weighted by molar-refractivity contribution is 9.10. The van der Waals surface area contributed by atoms with Crippen LogP contribution >= 0.6 is 15.9 Å². The summed E-state index contributed by atoms with van der Waals surface area (Å²) in [5, 5.41) is 3.43. The van der Waals surface area contributed by atoms with Crippen molar-refractivity contribution in [2.75, 3.05) is 32.7 Å². The minimum absolute atomic E-state index is 0.0812. The number of halogens is 1. The zero-order chi connectivity index (χ0) is 22.1. The number of nitrogens with zero attached hydrogens (tertiary/aromatic N) is 4. The van der Waals surface area contributed by atoms with Crippen LogP contribution in [0.25, 0.3) is 16.7 Å². The molecule has 7 heteroatoms. The highest BCUT2D eigenvalue weighted by Gasteiger charge is 2.31. The molecule has 3 aromatic rings. The lowest BCUT2D eigenvalue weighted by atomic mass is 9.96. The number of para-hydroxylation sites is 2. The van der Waals surface area contributed by atoms with Crippen LogP contribution in [-0.2, 0) is 11.3 Å². The Kier molecular flexibility index (Phi) is 6.31. The van der Waals surface area contributed by atoms with Crippen LogP contribution < -0.4 is 5.32 Å². The fourth-order valence-electron chi connectivity index (χ4n) is 5.08. The molecule has 32 heavy (non-hydrogen) atoms. The Morgan fingerprint density at radius 2 is 2.03 bits per heavy atom. The van der Waals surface area contributed by atoms with Gasteiger partial charge < -0.3 is 10.2 Å². The third-order valence-electron chi connectivity index (χ3n) is 6.60. The second-order valence-corrected chi connectivity index (χ2v) is 9.96. The fraction of sp³-hybridized carbons (Fsp3) is 0.440. The van der Waals surface area contributed by atoms with Gasteiger partial charge in [-0.3, -0.25) is 14.3 Å². The average Bonchev–Trinajstić information content (AvgIpc) is 3.16. The number of hydrogen-bond acceptors (Lipinski definition) is 4. The topological polar surface area (TPSA) is 53.4 Å². The molecule has 0 unspecified atom stereocenters. The zero-order valence-electron chi connectivity index (χ0n) is 18.5. The molecular formula is C25H30BrN5O. The number of carbonyl (C=O) groups excluding carboxylic acids is 1. The van der Waals surface area contributed by atoms with Crippen molar-refractivity contribution in [3.8, 4) is 5.69 Å². The van der Waals surface area contributed by atoms with Crippen LogP contribution in [0.1, 0.15) is 25.6 Å². The Labute approximate surface area is 197 Å². The Bertz CT molecular complexity index is 1110. The van der Waals surface area contributed by atoms with Gasteiger partial charge in [-0.05, 0) is 56.6 Å². The summed E-state index contributed by atoms with van der Waals surface area (Å²) in [7, 11) is 0. The molecule has 2 atom stereocenters. The van der Waals surface area contributed by atoms with E-state index in [1.165, 1.54) is 0 Å². The first kappa shape index (κ1) is 21.6. The molecule has 1 aromatic heterocycles. The van der Waals surface area contributed by atoms with Gasteiger partial charge in [0, 0.05) is 42.4 Å². The summed E-state index contributed by atoms with van der Waals surface area (Å²) in [5.41, 5.74) is 3.21. The van der Waals surface area contributed by atoms with Gasteiger partial charge in [0.1, 0.15) is 5.82 Å². The predicted octanol–water partition coefficient (Wildman–Crippen LogP) is 3.82. The molecule has 3 heterocycles. The van der Waals surface area contributed by atoms with Crippen molar-refractivity contribution in [3.63, 3.8) is 0 Å². The molecule has 2 fully saturated rings. The standard InChI is InChI=1S/C25H30BrN5O/c1-18-15-30(13-11-27-18)25(32)19-6-5-12-29(16-19)17-24-28-22-9-2-3-10-23(22)31(24)21-8-4-7-20(26)14-21/h2-4,7-10,14,18-19,27H,5-6,11-13,15-17H2,1H3/t18-,19-/m0/s1. The maximum absolute atomic E-state index is 13.2. The van der Waals surface area contributed by atoms with Gasteiger partial charge in [-0.2, -0.15) is 0 Å². The summed E-state index contributed by atoms with van der Waals surface area (Å²) in [5.74, 6) is 1.43. The van der Waals surface area contributed by atoms with E-state index in [2.05, 4.69) is 78.9 Å². The van der Waals surface area contributed by atoms with E-state index in [9.17, 15) is 4.79 Å². The second kappa shape index (κ2) is 9.33. The molecule has 2 saturated heterocycles. The SMILES string of the molecule is C[C@H]1CN(C(=O)[C@H]2CCCN(Cc3nc4ccccc4n3-c3cccc(Br)c3)C2)CCN1. The maximum atomic E-state index is 13.2. The number of piperazine rings is 1. The summed E-state index contributed by atoms with van der Waals surface area (Å²) in [4.78, 5) is 22.7. The van der Waals surface area contributed by atoms with Crippen LogP contribution in [-0.4, -0.2) is 64.0 Å². The van der Waals surface area contributed by atoms with E-state index in [4.69, 9.17) is 4.98 Å². The van der Waals surface area contributed by atoms with Crippen LogP contribution in [0.15, 0.2) is 53.0 Å². The van der Waals surface area contributed by atoms with Crippen LogP contribution in [0.4, 0.5) is 0 Å². The van der Waals surface area contributed by atoms with Crippen molar-refractivity contribution in [2.45, 2.75) is 32.4 Å². The maximum Gasteiger partial charge on any atom is 0.227 e. The molecule has 0 saturated carbocycles. The Balaban J connectivity index is 1.38. The minimum atomic E-state index is 0.0812. The van der Waals surface area contributed by atoms with Gasteiger partial charge in [0.25, 0.3) is 0 Å². The number of rotatable bonds is 4. The third-order valence-corrected chi connectivity index (χ3v) is 7.09. The Morgan fingerprint density at radius 3 is 2.88 bits per heavy atom. The first-order chi connectivity index (χ1) is 15.6. The van der Waals surface area contributed by atoms with E-state index in [0.717, 1.165) is 79.1 Å². The fourth-order valence-corrected chi connectivity index (χ4v) is 5.46. The van der Waals surface area contributed by atoms with Gasteiger partial charge in [-0.15, -0.1) is 0 Å². The lowest BCUT2D eigenvalue weighted by Crippen LogP contribution is -2.54. The minimum Gasteiger partial charge on any atom is -0.340 e. The molecule has 1 N–H and O–H groups in total. The van der Waals surface area contributed by atoms with Gasteiger partial charge in [-0.25, -0.2) is 4.98 Å². The number of aromatic nitrogens is 2. The number of nitrogens with one attached hydrogen (secondary N) is 1. The van der Waals surface area contributed by atoms with Gasteiger partial charge in [0.15, 0.2) is 0 Å². The number of likely N-dealkylation sites (tertiary alicyclic amines) is 1. The van der Waals surface area contributed by atoms with E-state index in [1.54, 1.807) is 0 Å². The van der Waals surface area contributed by atoms with E-state index < -0.39 is 0 Å². The molecule has 5 rings (SSSR count). The normalized spacial score (nSPS) is 22.4. The molecule has 0 aliphatic carbocycles. The van der Waals surface area contributed by atoms with Gasteiger partial charge in [-0.1, -0.05) is 34.1 Å². The predicted molar refractivity (Wildman–Crippen MR) is 131 cm³/mol. The summed E-state index contributed by atoms with van der Waals surface area (Å²) >= 11 is 3.61. The lowest BCUT2D eigenvalue weighted by molar-refractivity contribution is -0.138. The number of hydrogen-bond donors (Lipinski definition) is 1. The van der Waals surface area contributed by atoms with E-state index in [1.807, 2.05) is 12.1 Å². The van der Waals surface area contributed by atoms with Crippen LogP contribution in [0.5, 0.6) is 0 Å². The summed E-state index contributed by atoms with van der Waals surface area (Å²) in [6.45, 7) is 7.22.